The molecule has 6 heteroatoms. The molecule has 2 aromatic carbocycles. The van der Waals surface area contributed by atoms with Gasteiger partial charge in [0.15, 0.2) is 0 Å². The Hall–Kier alpha value is -1.88. The van der Waals surface area contributed by atoms with E-state index in [-0.39, 0.29) is 17.9 Å². The molecule has 0 saturated carbocycles. The Morgan fingerprint density at radius 3 is 2.43 bits per heavy atom. The molecule has 0 radical (unpaired) electrons. The third kappa shape index (κ3) is 3.61. The van der Waals surface area contributed by atoms with Gasteiger partial charge in [0.05, 0.1) is 5.56 Å². The Morgan fingerprint density at radius 2 is 1.81 bits per heavy atom. The van der Waals surface area contributed by atoms with Crippen LogP contribution in [0.25, 0.3) is 0 Å². The van der Waals surface area contributed by atoms with Crippen LogP contribution in [0.15, 0.2) is 42.5 Å². The molecular formula is C15H14ClF3N2. The highest BCUT2D eigenvalue weighted by Gasteiger charge is 2.34. The predicted octanol–water partition coefficient (Wildman–Crippen LogP) is 4.58. The number of alkyl halides is 3. The van der Waals surface area contributed by atoms with Crippen molar-refractivity contribution in [2.75, 3.05) is 17.7 Å². The molecule has 0 unspecified atom stereocenters. The van der Waals surface area contributed by atoms with Crippen LogP contribution in [-0.2, 0) is 12.7 Å². The Labute approximate surface area is 125 Å². The normalized spacial score (nSPS) is 11.5. The zero-order valence-electron chi connectivity index (χ0n) is 11.3. The van der Waals surface area contributed by atoms with E-state index in [2.05, 4.69) is 0 Å². The Balaban J connectivity index is 2.36. The van der Waals surface area contributed by atoms with E-state index in [9.17, 15) is 13.2 Å². The molecule has 21 heavy (non-hydrogen) atoms. The smallest absolute Gasteiger partial charge is 0.399 e. The lowest BCUT2D eigenvalue weighted by atomic mass is 10.1. The number of hydrogen-bond acceptors (Lipinski definition) is 2. The standard InChI is InChI=1S/C15H14ClF3N2/c1-21(9-10-4-2-3-5-13(10)16)14-7-6-11(20)8-12(14)15(17,18)19/h2-8H,9,20H2,1H3. The molecule has 0 spiro atoms. The van der Waals surface area contributed by atoms with Crippen molar-refractivity contribution in [3.63, 3.8) is 0 Å². The Morgan fingerprint density at radius 1 is 1.14 bits per heavy atom. The van der Waals surface area contributed by atoms with Crippen LogP contribution in [0.1, 0.15) is 11.1 Å². The third-order valence-corrected chi connectivity index (χ3v) is 3.47. The number of benzene rings is 2. The number of nitrogens with zero attached hydrogens (tertiary/aromatic N) is 1. The van der Waals surface area contributed by atoms with Crippen molar-refractivity contribution in [3.05, 3.63) is 58.6 Å². The van der Waals surface area contributed by atoms with E-state index in [1.54, 1.807) is 31.3 Å². The fraction of sp³-hybridized carbons (Fsp3) is 0.200. The predicted molar refractivity (Wildman–Crippen MR) is 79.4 cm³/mol. The molecule has 2 N–H and O–H groups in total. The third-order valence-electron chi connectivity index (χ3n) is 3.10. The van der Waals surface area contributed by atoms with Gasteiger partial charge in [0, 0.05) is 30.0 Å². The maximum absolute atomic E-state index is 13.1. The first-order valence-corrected chi connectivity index (χ1v) is 6.58. The molecule has 0 heterocycles. The number of nitrogens with two attached hydrogens (primary N) is 1. The molecule has 0 aliphatic carbocycles. The van der Waals surface area contributed by atoms with E-state index in [0.29, 0.717) is 5.02 Å². The van der Waals surface area contributed by atoms with Gasteiger partial charge in [0.25, 0.3) is 0 Å². The number of anilines is 2. The van der Waals surface area contributed by atoms with Crippen molar-refractivity contribution in [2.45, 2.75) is 12.7 Å². The van der Waals surface area contributed by atoms with Gasteiger partial charge in [-0.15, -0.1) is 0 Å². The largest absolute Gasteiger partial charge is 0.418 e. The molecule has 112 valence electrons. The van der Waals surface area contributed by atoms with Crippen LogP contribution in [0.2, 0.25) is 5.02 Å². The van der Waals surface area contributed by atoms with Gasteiger partial charge >= 0.3 is 6.18 Å². The number of rotatable bonds is 3. The Kier molecular flexibility index (Phi) is 4.32. The van der Waals surface area contributed by atoms with Crippen molar-refractivity contribution in [1.82, 2.24) is 0 Å². The van der Waals surface area contributed by atoms with Crippen LogP contribution < -0.4 is 10.6 Å². The molecule has 0 saturated heterocycles. The minimum Gasteiger partial charge on any atom is -0.399 e. The second-order valence-corrected chi connectivity index (χ2v) is 5.13. The van der Waals surface area contributed by atoms with Crippen molar-refractivity contribution >= 4 is 23.0 Å². The summed E-state index contributed by atoms with van der Waals surface area (Å²) >= 11 is 6.04. The van der Waals surface area contributed by atoms with Gasteiger partial charge in [0.1, 0.15) is 0 Å². The highest BCUT2D eigenvalue weighted by molar-refractivity contribution is 6.31. The van der Waals surface area contributed by atoms with Gasteiger partial charge in [-0.3, -0.25) is 0 Å². The lowest BCUT2D eigenvalue weighted by molar-refractivity contribution is -0.137. The second-order valence-electron chi connectivity index (χ2n) is 4.72. The van der Waals surface area contributed by atoms with Crippen LogP contribution >= 0.6 is 11.6 Å². The minimum atomic E-state index is -4.46. The Bertz CT molecular complexity index is 641. The molecule has 0 aliphatic rings. The van der Waals surface area contributed by atoms with Crippen molar-refractivity contribution < 1.29 is 13.2 Å². The lowest BCUT2D eigenvalue weighted by Crippen LogP contribution is -2.21. The average molecular weight is 315 g/mol. The fourth-order valence-corrected chi connectivity index (χ4v) is 2.28. The maximum Gasteiger partial charge on any atom is 0.418 e. The molecule has 0 atom stereocenters. The topological polar surface area (TPSA) is 29.3 Å². The summed E-state index contributed by atoms with van der Waals surface area (Å²) in [6.45, 7) is 0.271. The molecule has 2 aromatic rings. The highest BCUT2D eigenvalue weighted by Crippen LogP contribution is 2.38. The van der Waals surface area contributed by atoms with E-state index in [0.717, 1.165) is 11.6 Å². The second kappa shape index (κ2) is 5.85. The summed E-state index contributed by atoms with van der Waals surface area (Å²) in [6.07, 6.45) is -4.46. The lowest BCUT2D eigenvalue weighted by Gasteiger charge is -2.24. The summed E-state index contributed by atoms with van der Waals surface area (Å²) in [4.78, 5) is 1.50. The molecule has 2 nitrogen and oxygen atoms in total. The molecule has 0 amide bonds. The maximum atomic E-state index is 13.1. The SMILES string of the molecule is CN(Cc1ccccc1Cl)c1ccc(N)cc1C(F)(F)F. The van der Waals surface area contributed by atoms with Crippen molar-refractivity contribution in [1.29, 1.82) is 0 Å². The monoisotopic (exact) mass is 314 g/mol. The summed E-state index contributed by atoms with van der Waals surface area (Å²) in [5.41, 5.74) is 5.61. The van der Waals surface area contributed by atoms with Crippen LogP contribution in [0, 0.1) is 0 Å². The van der Waals surface area contributed by atoms with Gasteiger partial charge in [-0.2, -0.15) is 13.2 Å². The zero-order valence-corrected chi connectivity index (χ0v) is 12.0. The van der Waals surface area contributed by atoms with Gasteiger partial charge in [0.2, 0.25) is 0 Å². The highest BCUT2D eigenvalue weighted by atomic mass is 35.5. The molecular weight excluding hydrogens is 301 g/mol. The summed E-state index contributed by atoms with van der Waals surface area (Å²) < 4.78 is 39.3. The van der Waals surface area contributed by atoms with E-state index in [4.69, 9.17) is 17.3 Å². The molecule has 0 aliphatic heterocycles. The molecule has 2 rings (SSSR count). The quantitative estimate of drug-likeness (QED) is 0.840. The summed E-state index contributed by atoms with van der Waals surface area (Å²) in [7, 11) is 1.59. The molecule has 0 bridgehead atoms. The molecule has 0 fully saturated rings. The first-order valence-electron chi connectivity index (χ1n) is 6.20. The van der Waals surface area contributed by atoms with E-state index in [1.165, 1.54) is 17.0 Å². The minimum absolute atomic E-state index is 0.0663. The van der Waals surface area contributed by atoms with Gasteiger partial charge in [-0.1, -0.05) is 29.8 Å². The average Bonchev–Trinajstić information content (AvgIpc) is 2.40. The van der Waals surface area contributed by atoms with Crippen molar-refractivity contribution in [3.8, 4) is 0 Å². The zero-order chi connectivity index (χ0) is 15.6. The van der Waals surface area contributed by atoms with Crippen LogP contribution in [0.5, 0.6) is 0 Å². The summed E-state index contributed by atoms with van der Waals surface area (Å²) in [6, 6.07) is 10.8. The number of nitrogen functional groups attached to an aromatic ring is 1. The van der Waals surface area contributed by atoms with Gasteiger partial charge in [-0.25, -0.2) is 0 Å². The first-order chi connectivity index (χ1) is 9.79. The first kappa shape index (κ1) is 15.5. The molecule has 0 aromatic heterocycles. The van der Waals surface area contributed by atoms with Gasteiger partial charge in [-0.05, 0) is 29.8 Å². The van der Waals surface area contributed by atoms with E-state index < -0.39 is 11.7 Å². The van der Waals surface area contributed by atoms with Crippen molar-refractivity contribution in [2.24, 2.45) is 0 Å². The van der Waals surface area contributed by atoms with E-state index in [1.807, 2.05) is 0 Å². The number of hydrogen-bond donors (Lipinski definition) is 1. The van der Waals surface area contributed by atoms with E-state index >= 15 is 0 Å². The number of halogens is 4. The van der Waals surface area contributed by atoms with Crippen LogP contribution in [-0.4, -0.2) is 7.05 Å². The summed E-state index contributed by atoms with van der Waals surface area (Å²) in [5, 5.41) is 0.522. The fourth-order valence-electron chi connectivity index (χ4n) is 2.08. The van der Waals surface area contributed by atoms with Gasteiger partial charge < -0.3 is 10.6 Å². The van der Waals surface area contributed by atoms with Crippen LogP contribution in [0.4, 0.5) is 24.5 Å². The summed E-state index contributed by atoms with van der Waals surface area (Å²) in [5.74, 6) is 0. The van der Waals surface area contributed by atoms with Crippen LogP contribution in [0.3, 0.4) is 0 Å².